The molecule has 1 aliphatic carbocycles. The smallest absolute Gasteiger partial charge is 0.420 e. The van der Waals surface area contributed by atoms with Gasteiger partial charge in [-0.3, -0.25) is 4.79 Å². The van der Waals surface area contributed by atoms with Gasteiger partial charge in [0.1, 0.15) is 17.2 Å². The third-order valence-corrected chi connectivity index (χ3v) is 2.46. The molecule has 1 unspecified atom stereocenters. The molecule has 0 N–H and O–H groups in total. The molecule has 1 aliphatic rings. The summed E-state index contributed by atoms with van der Waals surface area (Å²) >= 11 is 0. The fourth-order valence-electron chi connectivity index (χ4n) is 1.72. The highest BCUT2D eigenvalue weighted by atomic mass is 16.6. The van der Waals surface area contributed by atoms with Gasteiger partial charge in [0.05, 0.1) is 0 Å². The molecule has 0 heterocycles. The molecule has 2 amide bonds. The van der Waals surface area contributed by atoms with Crippen LogP contribution in [0.1, 0.15) is 48.0 Å². The second-order valence-electron chi connectivity index (χ2n) is 6.89. The van der Waals surface area contributed by atoms with Crippen LogP contribution in [-0.2, 0) is 14.3 Å². The Kier molecular flexibility index (Phi) is 4.81. The van der Waals surface area contributed by atoms with E-state index in [1.807, 2.05) is 0 Å². The van der Waals surface area contributed by atoms with Gasteiger partial charge in [-0.15, -0.1) is 0 Å². The lowest BCUT2D eigenvalue weighted by Gasteiger charge is -2.31. The molecule has 0 fully saturated rings. The van der Waals surface area contributed by atoms with Gasteiger partial charge in [-0.2, -0.15) is 0 Å². The van der Waals surface area contributed by atoms with Gasteiger partial charge >= 0.3 is 12.2 Å². The lowest BCUT2D eigenvalue weighted by molar-refractivity contribution is -0.118. The van der Waals surface area contributed by atoms with Gasteiger partial charge in [-0.05, 0) is 54.0 Å². The highest BCUT2D eigenvalue weighted by molar-refractivity contribution is 6.02. The van der Waals surface area contributed by atoms with Crippen LogP contribution in [0.2, 0.25) is 0 Å². The molecule has 21 heavy (non-hydrogen) atoms. The molecule has 1 rings (SSSR count). The fraction of sp³-hybridized carbons (Fsp3) is 0.667. The molecule has 6 heteroatoms. The van der Waals surface area contributed by atoms with E-state index < -0.39 is 29.4 Å². The van der Waals surface area contributed by atoms with Crippen LogP contribution in [0, 0.1) is 0 Å². The minimum atomic E-state index is -0.894. The summed E-state index contributed by atoms with van der Waals surface area (Å²) in [5.74, 6) is -0.313. The summed E-state index contributed by atoms with van der Waals surface area (Å²) in [6.07, 6.45) is 1.50. The number of nitrogens with zero attached hydrogens (tertiary/aromatic N) is 1. The molecule has 0 saturated carbocycles. The van der Waals surface area contributed by atoms with Crippen LogP contribution in [-0.4, -0.2) is 40.1 Å². The molecule has 0 spiro atoms. The molecule has 1 atom stereocenters. The minimum Gasteiger partial charge on any atom is -0.443 e. The Morgan fingerprint density at radius 3 is 1.76 bits per heavy atom. The minimum absolute atomic E-state index is 0.275. The lowest BCUT2D eigenvalue weighted by Crippen LogP contribution is -2.50. The summed E-state index contributed by atoms with van der Waals surface area (Å²) in [7, 11) is 0. The van der Waals surface area contributed by atoms with E-state index in [4.69, 9.17) is 9.47 Å². The molecule has 0 bridgehead atoms. The van der Waals surface area contributed by atoms with Gasteiger partial charge in [0.15, 0.2) is 5.78 Å². The Morgan fingerprint density at radius 2 is 1.48 bits per heavy atom. The molecular formula is C15H23NO5. The third-order valence-electron chi connectivity index (χ3n) is 2.46. The number of hydrogen-bond acceptors (Lipinski definition) is 5. The molecule has 0 aromatic carbocycles. The van der Waals surface area contributed by atoms with Crippen molar-refractivity contribution in [2.24, 2.45) is 0 Å². The maximum Gasteiger partial charge on any atom is 0.420 e. The van der Waals surface area contributed by atoms with Crippen molar-refractivity contribution >= 4 is 18.0 Å². The first-order valence-electron chi connectivity index (χ1n) is 6.86. The summed E-state index contributed by atoms with van der Waals surface area (Å²) in [5.41, 5.74) is -1.54. The SMILES string of the molecule is CC(C)(C)OC(=O)N(C(=O)OC(C)(C)C)C1CC=CC1=O. The van der Waals surface area contributed by atoms with Crippen molar-refractivity contribution in [3.63, 3.8) is 0 Å². The maximum atomic E-state index is 12.2. The van der Waals surface area contributed by atoms with E-state index in [1.165, 1.54) is 6.08 Å². The van der Waals surface area contributed by atoms with E-state index in [0.29, 0.717) is 0 Å². The van der Waals surface area contributed by atoms with E-state index in [1.54, 1.807) is 47.6 Å². The van der Waals surface area contributed by atoms with E-state index in [9.17, 15) is 14.4 Å². The van der Waals surface area contributed by atoms with Crippen molar-refractivity contribution in [1.29, 1.82) is 0 Å². The predicted molar refractivity (Wildman–Crippen MR) is 76.9 cm³/mol. The molecule has 0 radical (unpaired) electrons. The van der Waals surface area contributed by atoms with Crippen molar-refractivity contribution < 1.29 is 23.9 Å². The zero-order chi connectivity index (χ0) is 16.4. The first-order chi connectivity index (χ1) is 9.41. The second-order valence-corrected chi connectivity index (χ2v) is 6.89. The Bertz CT molecular complexity index is 439. The summed E-state index contributed by atoms with van der Waals surface area (Å²) < 4.78 is 10.4. The highest BCUT2D eigenvalue weighted by Crippen LogP contribution is 2.21. The van der Waals surface area contributed by atoms with Gasteiger partial charge in [-0.25, -0.2) is 14.5 Å². The van der Waals surface area contributed by atoms with Crippen LogP contribution < -0.4 is 0 Å². The van der Waals surface area contributed by atoms with Crippen molar-refractivity contribution in [3.8, 4) is 0 Å². The standard InChI is InChI=1S/C15H23NO5/c1-14(2,3)20-12(18)16(10-8-7-9-11(10)17)13(19)21-15(4,5)6/h7,9-10H,8H2,1-6H3. The lowest BCUT2D eigenvalue weighted by atomic mass is 10.2. The summed E-state index contributed by atoms with van der Waals surface area (Å²) in [4.78, 5) is 37.1. The maximum absolute atomic E-state index is 12.2. The number of ether oxygens (including phenoxy) is 2. The van der Waals surface area contributed by atoms with Crippen molar-refractivity contribution in [2.75, 3.05) is 0 Å². The first kappa shape index (κ1) is 17.2. The topological polar surface area (TPSA) is 72.9 Å². The average Bonchev–Trinajstić information content (AvgIpc) is 2.59. The van der Waals surface area contributed by atoms with Crippen molar-refractivity contribution in [3.05, 3.63) is 12.2 Å². The number of amides is 2. The second kappa shape index (κ2) is 5.87. The predicted octanol–water partition coefficient (Wildman–Crippen LogP) is 3.06. The van der Waals surface area contributed by atoms with E-state index in [0.717, 1.165) is 4.90 Å². The average molecular weight is 297 g/mol. The molecular weight excluding hydrogens is 274 g/mol. The quantitative estimate of drug-likeness (QED) is 0.743. The van der Waals surface area contributed by atoms with E-state index in [-0.39, 0.29) is 12.2 Å². The van der Waals surface area contributed by atoms with Crippen LogP contribution in [0.3, 0.4) is 0 Å². The Balaban J connectivity index is 2.97. The summed E-state index contributed by atoms with van der Waals surface area (Å²) in [6.45, 7) is 10.1. The van der Waals surface area contributed by atoms with Gasteiger partial charge in [0.2, 0.25) is 0 Å². The Morgan fingerprint density at radius 1 is 1.05 bits per heavy atom. The molecule has 0 aliphatic heterocycles. The number of carbonyl (C=O) groups is 3. The normalized spacial score (nSPS) is 18.6. The van der Waals surface area contributed by atoms with Crippen LogP contribution >= 0.6 is 0 Å². The zero-order valence-corrected chi connectivity index (χ0v) is 13.4. The molecule has 0 aromatic rings. The van der Waals surface area contributed by atoms with Gasteiger partial charge in [-0.1, -0.05) is 6.08 Å². The van der Waals surface area contributed by atoms with Crippen molar-refractivity contribution in [1.82, 2.24) is 4.90 Å². The van der Waals surface area contributed by atoms with Crippen LogP contribution in [0.25, 0.3) is 0 Å². The molecule has 0 aromatic heterocycles. The van der Waals surface area contributed by atoms with Gasteiger partial charge < -0.3 is 9.47 Å². The molecule has 0 saturated heterocycles. The van der Waals surface area contributed by atoms with Gasteiger partial charge in [0, 0.05) is 0 Å². The van der Waals surface area contributed by atoms with Crippen LogP contribution in [0.4, 0.5) is 9.59 Å². The third kappa shape index (κ3) is 5.21. The number of rotatable bonds is 1. The van der Waals surface area contributed by atoms with Crippen LogP contribution in [0.5, 0.6) is 0 Å². The van der Waals surface area contributed by atoms with Crippen molar-refractivity contribution in [2.45, 2.75) is 65.2 Å². The monoisotopic (exact) mass is 297 g/mol. The number of ketones is 1. The number of imide groups is 1. The van der Waals surface area contributed by atoms with Gasteiger partial charge in [0.25, 0.3) is 0 Å². The van der Waals surface area contributed by atoms with E-state index >= 15 is 0 Å². The molecule has 118 valence electrons. The zero-order valence-electron chi connectivity index (χ0n) is 13.4. The summed E-state index contributed by atoms with van der Waals surface area (Å²) in [6, 6.07) is -0.894. The fourth-order valence-corrected chi connectivity index (χ4v) is 1.72. The highest BCUT2D eigenvalue weighted by Gasteiger charge is 2.40. The molecule has 6 nitrogen and oxygen atoms in total. The first-order valence-corrected chi connectivity index (χ1v) is 6.86. The number of hydrogen-bond donors (Lipinski definition) is 0. The Labute approximate surface area is 125 Å². The van der Waals surface area contributed by atoms with Crippen LogP contribution in [0.15, 0.2) is 12.2 Å². The Hall–Kier alpha value is -1.85. The number of carbonyl (C=O) groups excluding carboxylic acids is 3. The summed E-state index contributed by atoms with van der Waals surface area (Å²) in [5, 5.41) is 0. The largest absolute Gasteiger partial charge is 0.443 e. The van der Waals surface area contributed by atoms with E-state index in [2.05, 4.69) is 0 Å².